The molecular weight excluding hydrogens is 194 g/mol. The number of hydrogen-bond donors (Lipinski definition) is 2. The smallest absolute Gasteiger partial charge is 0.308 e. The summed E-state index contributed by atoms with van der Waals surface area (Å²) in [7, 11) is 0. The summed E-state index contributed by atoms with van der Waals surface area (Å²) < 4.78 is 0. The van der Waals surface area contributed by atoms with Crippen LogP contribution < -0.4 is 4.90 Å². The molecule has 2 N–H and O–H groups in total. The van der Waals surface area contributed by atoms with Crippen molar-refractivity contribution in [3.63, 3.8) is 0 Å². The zero-order valence-corrected chi connectivity index (χ0v) is 8.26. The second kappa shape index (κ2) is 3.81. The lowest BCUT2D eigenvalue weighted by Crippen LogP contribution is -2.22. The van der Waals surface area contributed by atoms with Crippen LogP contribution in [0.1, 0.15) is 6.42 Å². The van der Waals surface area contributed by atoms with Gasteiger partial charge < -0.3 is 15.1 Å². The zero-order valence-electron chi connectivity index (χ0n) is 8.26. The third kappa shape index (κ3) is 1.88. The molecule has 1 heterocycles. The molecule has 0 aliphatic carbocycles. The summed E-state index contributed by atoms with van der Waals surface area (Å²) in [5.74, 6) is -0.860. The Morgan fingerprint density at radius 2 is 2.13 bits per heavy atom. The fraction of sp³-hybridized carbons (Fsp3) is 0.364. The highest BCUT2D eigenvalue weighted by atomic mass is 16.4. The Morgan fingerprint density at radius 3 is 2.73 bits per heavy atom. The normalized spacial score (nSPS) is 20.5. The van der Waals surface area contributed by atoms with E-state index in [0.29, 0.717) is 19.5 Å². The molecule has 1 aromatic rings. The number of rotatable bonds is 2. The van der Waals surface area contributed by atoms with E-state index in [-0.39, 0.29) is 11.7 Å². The highest BCUT2D eigenvalue weighted by Crippen LogP contribution is 2.30. The number of phenolic OH excluding ortho intramolecular Hbond substituents is 1. The quantitative estimate of drug-likeness (QED) is 0.767. The fourth-order valence-electron chi connectivity index (χ4n) is 1.91. The van der Waals surface area contributed by atoms with Gasteiger partial charge in [-0.3, -0.25) is 4.79 Å². The van der Waals surface area contributed by atoms with Gasteiger partial charge >= 0.3 is 5.97 Å². The number of aliphatic carboxylic acids is 1. The van der Waals surface area contributed by atoms with Crippen LogP contribution in [-0.4, -0.2) is 29.3 Å². The van der Waals surface area contributed by atoms with Crippen LogP contribution in [-0.2, 0) is 4.79 Å². The van der Waals surface area contributed by atoms with Crippen molar-refractivity contribution in [2.24, 2.45) is 5.92 Å². The van der Waals surface area contributed by atoms with Crippen molar-refractivity contribution in [2.45, 2.75) is 6.42 Å². The number of aromatic hydroxyl groups is 1. The van der Waals surface area contributed by atoms with Crippen LogP contribution in [0.2, 0.25) is 0 Å². The topological polar surface area (TPSA) is 60.8 Å². The molecule has 0 saturated carbocycles. The van der Waals surface area contributed by atoms with E-state index in [1.807, 2.05) is 11.0 Å². The van der Waals surface area contributed by atoms with E-state index in [1.165, 1.54) is 0 Å². The maximum atomic E-state index is 10.8. The molecule has 1 aliphatic heterocycles. The molecule has 2 rings (SSSR count). The Hall–Kier alpha value is -1.71. The van der Waals surface area contributed by atoms with Crippen LogP contribution in [0, 0.1) is 5.92 Å². The molecule has 0 radical (unpaired) electrons. The molecule has 0 amide bonds. The number of carboxylic acid groups (broad SMARTS) is 1. The number of phenols is 1. The number of carboxylic acids is 1. The number of carbonyl (C=O) groups is 1. The molecule has 0 spiro atoms. The van der Waals surface area contributed by atoms with E-state index in [9.17, 15) is 9.90 Å². The van der Waals surface area contributed by atoms with Gasteiger partial charge in [-0.25, -0.2) is 0 Å². The molecule has 0 bridgehead atoms. The van der Waals surface area contributed by atoms with Gasteiger partial charge in [-0.15, -0.1) is 0 Å². The van der Waals surface area contributed by atoms with Crippen molar-refractivity contribution >= 4 is 11.7 Å². The first kappa shape index (κ1) is 9.83. The first-order chi connectivity index (χ1) is 7.18. The van der Waals surface area contributed by atoms with Crippen LogP contribution in [0.25, 0.3) is 0 Å². The minimum absolute atomic E-state index is 0.212. The minimum Gasteiger partial charge on any atom is -0.506 e. The van der Waals surface area contributed by atoms with Gasteiger partial charge in [-0.1, -0.05) is 12.1 Å². The van der Waals surface area contributed by atoms with Gasteiger partial charge in [0.2, 0.25) is 0 Å². The van der Waals surface area contributed by atoms with Crippen molar-refractivity contribution in [2.75, 3.05) is 18.0 Å². The van der Waals surface area contributed by atoms with E-state index in [4.69, 9.17) is 5.11 Å². The second-order valence-electron chi connectivity index (χ2n) is 3.76. The van der Waals surface area contributed by atoms with Crippen LogP contribution in [0.4, 0.5) is 5.69 Å². The summed E-state index contributed by atoms with van der Waals surface area (Å²) in [5.41, 5.74) is 0.723. The lowest BCUT2D eigenvalue weighted by atomic mass is 10.1. The molecule has 1 unspecified atom stereocenters. The molecule has 1 saturated heterocycles. The first-order valence-corrected chi connectivity index (χ1v) is 4.94. The zero-order chi connectivity index (χ0) is 10.8. The largest absolute Gasteiger partial charge is 0.506 e. The monoisotopic (exact) mass is 207 g/mol. The van der Waals surface area contributed by atoms with E-state index in [1.54, 1.807) is 18.2 Å². The van der Waals surface area contributed by atoms with Gasteiger partial charge in [-0.2, -0.15) is 0 Å². The van der Waals surface area contributed by atoms with E-state index < -0.39 is 5.97 Å². The van der Waals surface area contributed by atoms with Gasteiger partial charge in [0.25, 0.3) is 0 Å². The van der Waals surface area contributed by atoms with Gasteiger partial charge in [-0.05, 0) is 18.6 Å². The predicted octanol–water partition coefficient (Wildman–Crippen LogP) is 1.30. The van der Waals surface area contributed by atoms with Crippen molar-refractivity contribution in [1.29, 1.82) is 0 Å². The summed E-state index contributed by atoms with van der Waals surface area (Å²) in [6, 6.07) is 7.01. The molecule has 1 aliphatic rings. The Bertz CT molecular complexity index is 378. The molecule has 1 fully saturated rings. The van der Waals surface area contributed by atoms with Crippen LogP contribution in [0.3, 0.4) is 0 Å². The summed E-state index contributed by atoms with van der Waals surface area (Å²) in [6.07, 6.45) is 0.643. The Labute approximate surface area is 87.8 Å². The van der Waals surface area contributed by atoms with Crippen LogP contribution in [0.15, 0.2) is 24.3 Å². The average molecular weight is 207 g/mol. The van der Waals surface area contributed by atoms with Crippen molar-refractivity contribution in [1.82, 2.24) is 0 Å². The standard InChI is InChI=1S/C11H13NO3/c13-10-4-2-1-3-9(10)12-6-5-8(7-12)11(14)15/h1-4,8,13H,5-7H2,(H,14,15). The molecule has 1 aromatic carbocycles. The third-order valence-electron chi connectivity index (χ3n) is 2.76. The Morgan fingerprint density at radius 1 is 1.40 bits per heavy atom. The summed E-state index contributed by atoms with van der Waals surface area (Å²) in [5, 5.41) is 18.5. The highest BCUT2D eigenvalue weighted by Gasteiger charge is 2.28. The predicted molar refractivity (Wildman–Crippen MR) is 56.1 cm³/mol. The number of nitrogens with zero attached hydrogens (tertiary/aromatic N) is 1. The maximum Gasteiger partial charge on any atom is 0.308 e. The fourth-order valence-corrected chi connectivity index (χ4v) is 1.91. The lowest BCUT2D eigenvalue weighted by molar-refractivity contribution is -0.140. The van der Waals surface area contributed by atoms with E-state index >= 15 is 0 Å². The molecule has 1 atom stereocenters. The number of hydrogen-bond acceptors (Lipinski definition) is 3. The Kier molecular flexibility index (Phi) is 2.49. The summed E-state index contributed by atoms with van der Waals surface area (Å²) in [6.45, 7) is 1.17. The number of benzene rings is 1. The number of anilines is 1. The van der Waals surface area contributed by atoms with E-state index in [0.717, 1.165) is 5.69 Å². The molecule has 0 aromatic heterocycles. The third-order valence-corrected chi connectivity index (χ3v) is 2.76. The minimum atomic E-state index is -0.757. The van der Waals surface area contributed by atoms with Gasteiger partial charge in [0.05, 0.1) is 11.6 Å². The van der Waals surface area contributed by atoms with Crippen molar-refractivity contribution < 1.29 is 15.0 Å². The first-order valence-electron chi connectivity index (χ1n) is 4.94. The molecule has 15 heavy (non-hydrogen) atoms. The Balaban J connectivity index is 2.14. The molecular formula is C11H13NO3. The van der Waals surface area contributed by atoms with Gasteiger partial charge in [0.15, 0.2) is 0 Å². The molecule has 4 nitrogen and oxygen atoms in total. The van der Waals surface area contributed by atoms with Gasteiger partial charge in [0, 0.05) is 13.1 Å². The van der Waals surface area contributed by atoms with Crippen LogP contribution >= 0.6 is 0 Å². The maximum absolute atomic E-state index is 10.8. The van der Waals surface area contributed by atoms with Gasteiger partial charge in [0.1, 0.15) is 5.75 Å². The highest BCUT2D eigenvalue weighted by molar-refractivity contribution is 5.72. The lowest BCUT2D eigenvalue weighted by Gasteiger charge is -2.18. The van der Waals surface area contributed by atoms with Crippen molar-refractivity contribution in [3.05, 3.63) is 24.3 Å². The number of para-hydroxylation sites is 2. The molecule has 4 heteroatoms. The summed E-state index contributed by atoms with van der Waals surface area (Å²) >= 11 is 0. The second-order valence-corrected chi connectivity index (χ2v) is 3.76. The molecule has 80 valence electrons. The average Bonchev–Trinajstić information content (AvgIpc) is 2.67. The van der Waals surface area contributed by atoms with E-state index in [2.05, 4.69) is 0 Å². The van der Waals surface area contributed by atoms with Crippen LogP contribution in [0.5, 0.6) is 5.75 Å². The SMILES string of the molecule is O=C(O)C1CCN(c2ccccc2O)C1. The summed E-state index contributed by atoms with van der Waals surface area (Å²) in [4.78, 5) is 12.7. The van der Waals surface area contributed by atoms with Crippen molar-refractivity contribution in [3.8, 4) is 5.75 Å².